The lowest BCUT2D eigenvalue weighted by Crippen LogP contribution is -2.54. The first-order valence-electron chi connectivity index (χ1n) is 11.7. The summed E-state index contributed by atoms with van der Waals surface area (Å²) in [5.41, 5.74) is 0.0630. The Hall–Kier alpha value is -2.57. The lowest BCUT2D eigenvalue weighted by molar-refractivity contribution is -0.157. The number of aryl methyl sites for hydroxylation is 1. The van der Waals surface area contributed by atoms with Crippen LogP contribution in [0.15, 0.2) is 24.3 Å². The molecule has 0 aliphatic carbocycles. The van der Waals surface area contributed by atoms with Crippen molar-refractivity contribution in [2.45, 2.75) is 85.8 Å². The van der Waals surface area contributed by atoms with Crippen molar-refractivity contribution in [3.05, 3.63) is 29.8 Å². The first-order chi connectivity index (χ1) is 15.2. The number of esters is 1. The third-order valence-corrected chi connectivity index (χ3v) is 5.10. The van der Waals surface area contributed by atoms with E-state index >= 15 is 0 Å². The Kier molecular flexibility index (Phi) is 10.9. The van der Waals surface area contributed by atoms with Gasteiger partial charge in [0, 0.05) is 13.0 Å². The quantitative estimate of drug-likeness (QED) is 0.380. The highest BCUT2D eigenvalue weighted by Crippen LogP contribution is 2.22. The topological polar surface area (TPSA) is 93.7 Å². The summed E-state index contributed by atoms with van der Waals surface area (Å²) in [6.45, 7) is 13.6. The SMILES string of the molecule is CNC(=O)[C@@H](NC(=O)[C@H](CCCCOc1ccc(C)cc1)CC(=O)OC(C)(C)C)C(C)(C)C. The summed E-state index contributed by atoms with van der Waals surface area (Å²) in [6, 6.07) is 7.14. The molecule has 186 valence electrons. The van der Waals surface area contributed by atoms with Gasteiger partial charge in [0.2, 0.25) is 11.8 Å². The molecule has 0 saturated carbocycles. The molecule has 0 spiro atoms. The van der Waals surface area contributed by atoms with E-state index in [1.54, 1.807) is 27.8 Å². The van der Waals surface area contributed by atoms with E-state index in [0.717, 1.165) is 12.2 Å². The van der Waals surface area contributed by atoms with Crippen LogP contribution in [-0.2, 0) is 19.1 Å². The van der Waals surface area contributed by atoms with Crippen molar-refractivity contribution in [3.8, 4) is 5.75 Å². The number of hydrogen-bond acceptors (Lipinski definition) is 5. The standard InChI is InChI=1S/C26H42N2O5/c1-18-12-14-20(15-13-18)32-16-10-9-11-19(17-21(29)33-26(5,6)7)23(30)28-22(24(31)27-8)25(2,3)4/h12-15,19,22H,9-11,16-17H2,1-8H3,(H,27,31)(H,28,30)/t19-,22-/m1/s1. The normalized spacial score (nSPS) is 13.6. The molecule has 33 heavy (non-hydrogen) atoms. The van der Waals surface area contributed by atoms with Gasteiger partial charge >= 0.3 is 5.97 Å². The molecule has 0 heterocycles. The summed E-state index contributed by atoms with van der Waals surface area (Å²) >= 11 is 0. The molecule has 0 fully saturated rings. The monoisotopic (exact) mass is 462 g/mol. The minimum absolute atomic E-state index is 0.0352. The molecule has 1 rings (SSSR count). The number of rotatable bonds is 11. The van der Waals surface area contributed by atoms with E-state index in [1.165, 1.54) is 5.56 Å². The average Bonchev–Trinajstić information content (AvgIpc) is 2.69. The van der Waals surface area contributed by atoms with Crippen LogP contribution in [0, 0.1) is 18.3 Å². The number of hydrogen-bond donors (Lipinski definition) is 2. The molecule has 0 aliphatic heterocycles. The lowest BCUT2D eigenvalue weighted by Gasteiger charge is -2.31. The summed E-state index contributed by atoms with van der Waals surface area (Å²) in [4.78, 5) is 37.9. The Labute approximate surface area is 199 Å². The molecular formula is C26H42N2O5. The number of carbonyl (C=O) groups excluding carboxylic acids is 3. The van der Waals surface area contributed by atoms with Crippen molar-refractivity contribution < 1.29 is 23.9 Å². The third-order valence-electron chi connectivity index (χ3n) is 5.10. The maximum absolute atomic E-state index is 13.1. The highest BCUT2D eigenvalue weighted by Gasteiger charge is 2.34. The van der Waals surface area contributed by atoms with Crippen molar-refractivity contribution in [3.63, 3.8) is 0 Å². The van der Waals surface area contributed by atoms with E-state index in [-0.39, 0.29) is 18.2 Å². The zero-order chi connectivity index (χ0) is 25.2. The van der Waals surface area contributed by atoms with Crippen molar-refractivity contribution in [2.24, 2.45) is 11.3 Å². The minimum atomic E-state index is -0.707. The van der Waals surface area contributed by atoms with Crippen LogP contribution in [-0.4, -0.2) is 43.1 Å². The van der Waals surface area contributed by atoms with Crippen molar-refractivity contribution in [1.29, 1.82) is 0 Å². The predicted molar refractivity (Wildman–Crippen MR) is 130 cm³/mol. The lowest BCUT2D eigenvalue weighted by atomic mass is 9.85. The molecule has 0 radical (unpaired) electrons. The van der Waals surface area contributed by atoms with Crippen LogP contribution < -0.4 is 15.4 Å². The molecule has 2 atom stereocenters. The van der Waals surface area contributed by atoms with Gasteiger partial charge in [-0.1, -0.05) is 38.5 Å². The van der Waals surface area contributed by atoms with Gasteiger partial charge in [-0.3, -0.25) is 14.4 Å². The van der Waals surface area contributed by atoms with E-state index in [9.17, 15) is 14.4 Å². The summed E-state index contributed by atoms with van der Waals surface area (Å²) in [5, 5.41) is 5.46. The molecule has 0 aromatic heterocycles. The molecule has 0 bridgehead atoms. The number of benzene rings is 1. The molecule has 0 unspecified atom stereocenters. The Balaban J connectivity index is 2.76. The van der Waals surface area contributed by atoms with Crippen LogP contribution in [0.3, 0.4) is 0 Å². The van der Waals surface area contributed by atoms with E-state index in [1.807, 2.05) is 52.0 Å². The molecule has 7 heteroatoms. The second kappa shape index (κ2) is 12.6. The second-order valence-corrected chi connectivity index (χ2v) is 10.6. The highest BCUT2D eigenvalue weighted by atomic mass is 16.6. The number of amides is 2. The molecule has 1 aromatic carbocycles. The van der Waals surface area contributed by atoms with E-state index in [2.05, 4.69) is 10.6 Å². The molecular weight excluding hydrogens is 420 g/mol. The van der Waals surface area contributed by atoms with Gasteiger partial charge < -0.3 is 20.1 Å². The Bertz CT molecular complexity index is 775. The molecule has 1 aromatic rings. The largest absolute Gasteiger partial charge is 0.494 e. The maximum Gasteiger partial charge on any atom is 0.307 e. The van der Waals surface area contributed by atoms with Gasteiger partial charge in [0.05, 0.1) is 13.0 Å². The second-order valence-electron chi connectivity index (χ2n) is 10.6. The van der Waals surface area contributed by atoms with E-state index in [0.29, 0.717) is 19.4 Å². The third kappa shape index (κ3) is 11.2. The summed E-state index contributed by atoms with van der Waals surface area (Å²) in [7, 11) is 1.54. The smallest absolute Gasteiger partial charge is 0.307 e. The fraction of sp³-hybridized carbons (Fsp3) is 0.654. The summed E-state index contributed by atoms with van der Waals surface area (Å²) in [5.74, 6) is -0.788. The summed E-state index contributed by atoms with van der Waals surface area (Å²) < 4.78 is 11.2. The Morgan fingerprint density at radius 2 is 1.55 bits per heavy atom. The fourth-order valence-corrected chi connectivity index (χ4v) is 3.31. The average molecular weight is 463 g/mol. The number of ether oxygens (including phenoxy) is 2. The van der Waals surface area contributed by atoms with Gasteiger partial charge in [-0.2, -0.15) is 0 Å². The van der Waals surface area contributed by atoms with Crippen LogP contribution in [0.1, 0.15) is 72.8 Å². The van der Waals surface area contributed by atoms with Gasteiger partial charge in [0.25, 0.3) is 0 Å². The number of likely N-dealkylation sites (N-methyl/N-ethyl adjacent to an activating group) is 1. The van der Waals surface area contributed by atoms with E-state index < -0.39 is 28.9 Å². The van der Waals surface area contributed by atoms with Crippen LogP contribution in [0.5, 0.6) is 5.75 Å². The van der Waals surface area contributed by atoms with Crippen LogP contribution in [0.4, 0.5) is 0 Å². The zero-order valence-corrected chi connectivity index (χ0v) is 21.5. The molecule has 2 amide bonds. The fourth-order valence-electron chi connectivity index (χ4n) is 3.31. The van der Waals surface area contributed by atoms with Gasteiger partial charge in [0.1, 0.15) is 17.4 Å². The van der Waals surface area contributed by atoms with Crippen molar-refractivity contribution >= 4 is 17.8 Å². The number of carbonyl (C=O) groups is 3. The summed E-state index contributed by atoms with van der Waals surface area (Å²) in [6.07, 6.45) is 1.90. The van der Waals surface area contributed by atoms with Crippen LogP contribution in [0.25, 0.3) is 0 Å². The number of nitrogens with one attached hydrogen (secondary N) is 2. The van der Waals surface area contributed by atoms with Gasteiger partial charge in [-0.25, -0.2) is 0 Å². The van der Waals surface area contributed by atoms with Crippen molar-refractivity contribution in [1.82, 2.24) is 10.6 Å². The molecule has 0 aliphatic rings. The zero-order valence-electron chi connectivity index (χ0n) is 21.5. The van der Waals surface area contributed by atoms with E-state index in [4.69, 9.17) is 9.47 Å². The minimum Gasteiger partial charge on any atom is -0.494 e. The Morgan fingerprint density at radius 3 is 2.06 bits per heavy atom. The predicted octanol–water partition coefficient (Wildman–Crippen LogP) is 4.17. The maximum atomic E-state index is 13.1. The van der Waals surface area contributed by atoms with Gasteiger partial charge in [-0.15, -0.1) is 0 Å². The Morgan fingerprint density at radius 1 is 0.939 bits per heavy atom. The molecule has 7 nitrogen and oxygen atoms in total. The first-order valence-corrected chi connectivity index (χ1v) is 11.7. The molecule has 0 saturated heterocycles. The van der Waals surface area contributed by atoms with Crippen LogP contribution in [0.2, 0.25) is 0 Å². The van der Waals surface area contributed by atoms with Crippen LogP contribution >= 0.6 is 0 Å². The first kappa shape index (κ1) is 28.5. The van der Waals surface area contributed by atoms with Gasteiger partial charge in [0.15, 0.2) is 0 Å². The molecule has 2 N–H and O–H groups in total. The highest BCUT2D eigenvalue weighted by molar-refractivity contribution is 5.90. The number of unbranched alkanes of at least 4 members (excludes halogenated alkanes) is 1. The van der Waals surface area contributed by atoms with Gasteiger partial charge in [-0.05, 0) is 64.5 Å². The van der Waals surface area contributed by atoms with Crippen molar-refractivity contribution in [2.75, 3.05) is 13.7 Å².